The summed E-state index contributed by atoms with van der Waals surface area (Å²) in [6.07, 6.45) is 3.94. The van der Waals surface area contributed by atoms with Crippen molar-refractivity contribution in [3.63, 3.8) is 0 Å². The third-order valence-corrected chi connectivity index (χ3v) is 3.95. The normalized spacial score (nSPS) is 20.2. The van der Waals surface area contributed by atoms with Gasteiger partial charge in [-0.15, -0.1) is 0 Å². The maximum Gasteiger partial charge on any atom is 0.0828 e. The Bertz CT molecular complexity index is 318. The van der Waals surface area contributed by atoms with E-state index >= 15 is 0 Å². The first kappa shape index (κ1) is 12.0. The van der Waals surface area contributed by atoms with Crippen LogP contribution in [0.15, 0.2) is 24.3 Å². The van der Waals surface area contributed by atoms with Gasteiger partial charge in [-0.3, -0.25) is 0 Å². The first-order valence-electron chi connectivity index (χ1n) is 6.19. The highest BCUT2D eigenvalue weighted by molar-refractivity contribution is 7.99. The highest BCUT2D eigenvalue weighted by Gasteiger charge is 2.19. The van der Waals surface area contributed by atoms with Crippen LogP contribution in [0.25, 0.3) is 0 Å². The second kappa shape index (κ2) is 6.31. The van der Waals surface area contributed by atoms with Crippen molar-refractivity contribution in [1.29, 1.82) is 0 Å². The fraction of sp³-hybridized carbons (Fsp3) is 0.571. The fourth-order valence-corrected chi connectivity index (χ4v) is 2.88. The van der Waals surface area contributed by atoms with E-state index in [4.69, 9.17) is 4.74 Å². The van der Waals surface area contributed by atoms with Crippen LogP contribution >= 0.6 is 11.8 Å². The first-order valence-corrected chi connectivity index (χ1v) is 7.34. The molecule has 0 spiro atoms. The number of ether oxygens (including phenoxy) is 1. The number of benzene rings is 1. The van der Waals surface area contributed by atoms with Gasteiger partial charge in [-0.05, 0) is 41.9 Å². The quantitative estimate of drug-likeness (QED) is 0.718. The molecule has 1 heterocycles. The van der Waals surface area contributed by atoms with E-state index in [1.807, 2.05) is 11.8 Å². The topological polar surface area (TPSA) is 9.23 Å². The molecule has 2 heteroatoms. The van der Waals surface area contributed by atoms with E-state index in [1.54, 1.807) is 0 Å². The Kier molecular flexibility index (Phi) is 4.73. The monoisotopic (exact) mass is 236 g/mol. The molecule has 0 saturated carbocycles. The van der Waals surface area contributed by atoms with Crippen molar-refractivity contribution >= 4 is 11.8 Å². The van der Waals surface area contributed by atoms with Crippen molar-refractivity contribution in [1.82, 2.24) is 0 Å². The van der Waals surface area contributed by atoms with Crippen molar-refractivity contribution in [2.24, 2.45) is 0 Å². The van der Waals surface area contributed by atoms with E-state index in [0.29, 0.717) is 6.10 Å². The molecule has 1 saturated heterocycles. The molecule has 1 aliphatic heterocycles. The maximum absolute atomic E-state index is 5.78. The van der Waals surface area contributed by atoms with Crippen LogP contribution in [0, 0.1) is 0 Å². The lowest BCUT2D eigenvalue weighted by molar-refractivity contribution is 0.111. The lowest BCUT2D eigenvalue weighted by Gasteiger charge is -2.14. The van der Waals surface area contributed by atoms with E-state index in [1.165, 1.54) is 41.9 Å². The van der Waals surface area contributed by atoms with Gasteiger partial charge in [-0.25, -0.2) is 0 Å². The molecule has 0 amide bonds. The second-order valence-corrected chi connectivity index (χ2v) is 5.54. The smallest absolute Gasteiger partial charge is 0.0828 e. The van der Waals surface area contributed by atoms with Crippen LogP contribution in [0.2, 0.25) is 0 Å². The largest absolute Gasteiger partial charge is 0.374 e. The minimum Gasteiger partial charge on any atom is -0.374 e. The van der Waals surface area contributed by atoms with Crippen molar-refractivity contribution in [2.75, 3.05) is 18.1 Å². The predicted octanol–water partition coefficient (Wildman–Crippen LogP) is 3.83. The van der Waals surface area contributed by atoms with Crippen molar-refractivity contribution in [3.8, 4) is 0 Å². The molecule has 0 bridgehead atoms. The van der Waals surface area contributed by atoms with Gasteiger partial charge < -0.3 is 4.74 Å². The molecule has 0 aliphatic carbocycles. The summed E-state index contributed by atoms with van der Waals surface area (Å²) in [5.74, 6) is 2.43. The molecule has 1 aliphatic rings. The SMILES string of the molecule is CCSCCc1ccccc1C1CCCO1. The average molecular weight is 236 g/mol. The van der Waals surface area contributed by atoms with Crippen molar-refractivity contribution in [3.05, 3.63) is 35.4 Å². The molecule has 1 fully saturated rings. The summed E-state index contributed by atoms with van der Waals surface area (Å²) in [4.78, 5) is 0. The number of aryl methyl sites for hydroxylation is 1. The molecule has 0 N–H and O–H groups in total. The molecule has 16 heavy (non-hydrogen) atoms. The van der Waals surface area contributed by atoms with E-state index < -0.39 is 0 Å². The molecule has 1 atom stereocenters. The Hall–Kier alpha value is -0.470. The zero-order chi connectivity index (χ0) is 11.2. The summed E-state index contributed by atoms with van der Waals surface area (Å²) in [6, 6.07) is 8.77. The molecule has 1 aromatic carbocycles. The van der Waals surface area contributed by atoms with Crippen LogP contribution in [0.3, 0.4) is 0 Å². The summed E-state index contributed by atoms with van der Waals surface area (Å²) in [5, 5.41) is 0. The van der Waals surface area contributed by atoms with Gasteiger partial charge in [0.2, 0.25) is 0 Å². The van der Waals surface area contributed by atoms with Gasteiger partial charge in [-0.1, -0.05) is 31.2 Å². The van der Waals surface area contributed by atoms with Crippen molar-refractivity contribution in [2.45, 2.75) is 32.3 Å². The van der Waals surface area contributed by atoms with Crippen LogP contribution in [0.4, 0.5) is 0 Å². The molecular weight excluding hydrogens is 216 g/mol. The van der Waals surface area contributed by atoms with Gasteiger partial charge in [-0.2, -0.15) is 11.8 Å². The summed E-state index contributed by atoms with van der Waals surface area (Å²) < 4.78 is 5.78. The average Bonchev–Trinajstić information content (AvgIpc) is 2.83. The van der Waals surface area contributed by atoms with Gasteiger partial charge in [0.15, 0.2) is 0 Å². The zero-order valence-corrected chi connectivity index (χ0v) is 10.8. The fourth-order valence-electron chi connectivity index (χ4n) is 2.23. The van der Waals surface area contributed by atoms with E-state index in [9.17, 15) is 0 Å². The van der Waals surface area contributed by atoms with Crippen molar-refractivity contribution < 1.29 is 4.74 Å². The standard InChI is InChI=1S/C14H20OS/c1-2-16-11-9-12-6-3-4-7-13(12)14-8-5-10-15-14/h3-4,6-7,14H,2,5,8-11H2,1H3. The number of hydrogen-bond donors (Lipinski definition) is 0. The molecule has 88 valence electrons. The van der Waals surface area contributed by atoms with Gasteiger partial charge in [0, 0.05) is 6.61 Å². The Morgan fingerprint density at radius 3 is 3.00 bits per heavy atom. The van der Waals surface area contributed by atoms with Crippen LogP contribution < -0.4 is 0 Å². The Balaban J connectivity index is 2.04. The summed E-state index contributed by atoms with van der Waals surface area (Å²) in [6.45, 7) is 3.15. The van der Waals surface area contributed by atoms with Crippen LogP contribution in [-0.2, 0) is 11.2 Å². The predicted molar refractivity (Wildman–Crippen MR) is 71.1 cm³/mol. The van der Waals surface area contributed by atoms with Crippen LogP contribution in [0.1, 0.15) is 37.0 Å². The number of hydrogen-bond acceptors (Lipinski definition) is 2. The van der Waals surface area contributed by atoms with Gasteiger partial charge >= 0.3 is 0 Å². The first-order chi connectivity index (χ1) is 7.92. The summed E-state index contributed by atoms with van der Waals surface area (Å²) in [5.41, 5.74) is 2.91. The lowest BCUT2D eigenvalue weighted by Crippen LogP contribution is -2.02. The Morgan fingerprint density at radius 1 is 1.38 bits per heavy atom. The molecule has 1 aromatic rings. The molecule has 0 radical (unpaired) electrons. The van der Waals surface area contributed by atoms with E-state index in [2.05, 4.69) is 31.2 Å². The Labute approximate surface area is 103 Å². The van der Waals surface area contributed by atoms with Gasteiger partial charge in [0.1, 0.15) is 0 Å². The highest BCUT2D eigenvalue weighted by Crippen LogP contribution is 2.31. The number of thioether (sulfide) groups is 1. The third-order valence-electron chi connectivity index (χ3n) is 3.05. The van der Waals surface area contributed by atoms with Crippen LogP contribution in [0.5, 0.6) is 0 Å². The van der Waals surface area contributed by atoms with E-state index in [0.717, 1.165) is 6.61 Å². The molecule has 1 unspecified atom stereocenters. The van der Waals surface area contributed by atoms with Gasteiger partial charge in [0.25, 0.3) is 0 Å². The lowest BCUT2D eigenvalue weighted by atomic mass is 9.99. The minimum absolute atomic E-state index is 0.364. The molecule has 0 aromatic heterocycles. The van der Waals surface area contributed by atoms with Crippen LogP contribution in [-0.4, -0.2) is 18.1 Å². The summed E-state index contributed by atoms with van der Waals surface area (Å²) >= 11 is 2.01. The summed E-state index contributed by atoms with van der Waals surface area (Å²) in [7, 11) is 0. The zero-order valence-electron chi connectivity index (χ0n) is 9.95. The molecular formula is C14H20OS. The minimum atomic E-state index is 0.364. The third kappa shape index (κ3) is 3.02. The highest BCUT2D eigenvalue weighted by atomic mass is 32.2. The second-order valence-electron chi connectivity index (χ2n) is 4.15. The Morgan fingerprint density at radius 2 is 2.25 bits per heavy atom. The number of rotatable bonds is 5. The molecule has 2 rings (SSSR count). The van der Waals surface area contributed by atoms with E-state index in [-0.39, 0.29) is 0 Å². The van der Waals surface area contributed by atoms with Gasteiger partial charge in [0.05, 0.1) is 6.10 Å². The molecule has 1 nitrogen and oxygen atoms in total. The maximum atomic E-state index is 5.78.